The molecule has 4 nitrogen and oxygen atoms in total. The van der Waals surface area contributed by atoms with Crippen molar-refractivity contribution in [2.24, 2.45) is 0 Å². The average Bonchev–Trinajstić information content (AvgIpc) is 2.09. The van der Waals surface area contributed by atoms with Crippen molar-refractivity contribution in [1.82, 2.24) is 5.32 Å². The molecule has 0 aromatic carbocycles. The number of amides is 1. The van der Waals surface area contributed by atoms with Crippen LogP contribution in [0.3, 0.4) is 0 Å². The third-order valence-corrected chi connectivity index (χ3v) is 1.67. The predicted molar refractivity (Wildman–Crippen MR) is 56.9 cm³/mol. The fourth-order valence-electron chi connectivity index (χ4n) is 0.823. The van der Waals surface area contributed by atoms with Gasteiger partial charge in [-0.1, -0.05) is 29.4 Å². The van der Waals surface area contributed by atoms with Crippen LogP contribution in [-0.4, -0.2) is 24.5 Å². The first-order chi connectivity index (χ1) is 6.47. The van der Waals surface area contributed by atoms with E-state index in [4.69, 9.17) is 4.74 Å². The number of hydrogen-bond donors (Lipinski definition) is 1. The first-order valence-electron chi connectivity index (χ1n) is 4.24. The average molecular weight is 264 g/mol. The molecule has 1 amide bonds. The summed E-state index contributed by atoms with van der Waals surface area (Å²) in [6.07, 6.45) is 0.507. The molecule has 1 N–H and O–H groups in total. The summed E-state index contributed by atoms with van der Waals surface area (Å²) in [5.41, 5.74) is 0. The Morgan fingerprint density at radius 2 is 2.14 bits per heavy atom. The Hall–Kier alpha value is -0.840. The number of carbonyl (C=O) groups is 2. The van der Waals surface area contributed by atoms with Gasteiger partial charge in [0.2, 0.25) is 5.91 Å². The van der Waals surface area contributed by atoms with Crippen LogP contribution in [0.15, 0.2) is 11.1 Å². The fraction of sp³-hybridized carbons (Fsp3) is 0.556. The van der Waals surface area contributed by atoms with E-state index in [0.29, 0.717) is 10.9 Å². The van der Waals surface area contributed by atoms with Crippen molar-refractivity contribution in [2.75, 3.05) is 6.61 Å². The second kappa shape index (κ2) is 6.59. The van der Waals surface area contributed by atoms with Crippen LogP contribution in [0.25, 0.3) is 0 Å². The minimum absolute atomic E-state index is 0.120. The van der Waals surface area contributed by atoms with Crippen molar-refractivity contribution in [2.45, 2.75) is 26.3 Å². The molecule has 1 atom stereocenters. The number of halogens is 1. The summed E-state index contributed by atoms with van der Waals surface area (Å²) in [5, 5.41) is 2.49. The number of esters is 1. The zero-order valence-corrected chi connectivity index (χ0v) is 9.89. The molecule has 1 unspecified atom stereocenters. The maximum atomic E-state index is 11.3. The Kier molecular flexibility index (Phi) is 6.19. The Balaban J connectivity index is 4.04. The van der Waals surface area contributed by atoms with Crippen LogP contribution in [0.2, 0.25) is 0 Å². The highest BCUT2D eigenvalue weighted by molar-refractivity contribution is 9.11. The molecule has 0 saturated heterocycles. The molecule has 0 aliphatic carbocycles. The van der Waals surface area contributed by atoms with Crippen molar-refractivity contribution in [1.29, 1.82) is 0 Å². The maximum Gasteiger partial charge on any atom is 0.328 e. The van der Waals surface area contributed by atoms with Crippen molar-refractivity contribution >= 4 is 27.8 Å². The second-order valence-corrected chi connectivity index (χ2v) is 3.91. The van der Waals surface area contributed by atoms with Gasteiger partial charge in [0.1, 0.15) is 12.6 Å². The highest BCUT2D eigenvalue weighted by Crippen LogP contribution is 2.03. The van der Waals surface area contributed by atoms with Gasteiger partial charge in [0.05, 0.1) is 0 Å². The largest absolute Gasteiger partial charge is 0.459 e. The molecule has 0 fully saturated rings. The van der Waals surface area contributed by atoms with E-state index in [2.05, 4.69) is 27.8 Å². The van der Waals surface area contributed by atoms with Crippen LogP contribution in [0, 0.1) is 0 Å². The van der Waals surface area contributed by atoms with Gasteiger partial charge in [0.25, 0.3) is 0 Å². The van der Waals surface area contributed by atoms with Gasteiger partial charge in [-0.25, -0.2) is 4.79 Å². The normalized spacial score (nSPS) is 11.6. The summed E-state index contributed by atoms with van der Waals surface area (Å²) < 4.78 is 5.44. The zero-order valence-electron chi connectivity index (χ0n) is 8.30. The van der Waals surface area contributed by atoms with Crippen molar-refractivity contribution < 1.29 is 14.3 Å². The lowest BCUT2D eigenvalue weighted by atomic mass is 10.2. The molecule has 5 heteroatoms. The second-order valence-electron chi connectivity index (χ2n) is 2.79. The first kappa shape index (κ1) is 13.2. The molecule has 0 aliphatic rings. The summed E-state index contributed by atoms with van der Waals surface area (Å²) in [6, 6.07) is -0.570. The van der Waals surface area contributed by atoms with Gasteiger partial charge in [-0.2, -0.15) is 0 Å². The Labute approximate surface area is 91.8 Å². The molecule has 0 aromatic rings. The molecule has 0 bridgehead atoms. The van der Waals surface area contributed by atoms with Crippen molar-refractivity contribution in [3.63, 3.8) is 0 Å². The monoisotopic (exact) mass is 263 g/mol. The van der Waals surface area contributed by atoms with Crippen molar-refractivity contribution in [3.8, 4) is 0 Å². The summed E-state index contributed by atoms with van der Waals surface area (Å²) >= 11 is 3.07. The van der Waals surface area contributed by atoms with Gasteiger partial charge in [0.15, 0.2) is 0 Å². The van der Waals surface area contributed by atoms with E-state index in [9.17, 15) is 9.59 Å². The lowest BCUT2D eigenvalue weighted by Gasteiger charge is -2.14. The Morgan fingerprint density at radius 1 is 1.57 bits per heavy atom. The fourth-order valence-corrected chi connectivity index (χ4v) is 0.938. The summed E-state index contributed by atoms with van der Waals surface area (Å²) in [4.78, 5) is 22.0. The van der Waals surface area contributed by atoms with Gasteiger partial charge < -0.3 is 10.1 Å². The van der Waals surface area contributed by atoms with Gasteiger partial charge in [-0.15, -0.1) is 0 Å². The molecule has 14 heavy (non-hydrogen) atoms. The molecule has 0 radical (unpaired) electrons. The van der Waals surface area contributed by atoms with E-state index in [-0.39, 0.29) is 12.5 Å². The smallest absolute Gasteiger partial charge is 0.328 e. The van der Waals surface area contributed by atoms with Crippen LogP contribution >= 0.6 is 15.9 Å². The van der Waals surface area contributed by atoms with E-state index < -0.39 is 12.0 Å². The molecule has 0 saturated carbocycles. The van der Waals surface area contributed by atoms with Crippen LogP contribution in [0.5, 0.6) is 0 Å². The van der Waals surface area contributed by atoms with E-state index in [1.807, 2.05) is 0 Å². The van der Waals surface area contributed by atoms with E-state index in [1.165, 1.54) is 6.92 Å². The summed E-state index contributed by atoms with van der Waals surface area (Å²) in [5.74, 6) is -0.685. The standard InChI is InChI=1S/C9H14BrNO3/c1-4-8(11-7(3)12)9(13)14-5-6(2)10/h8H,2,4-5H2,1,3H3,(H,11,12). The molecule has 80 valence electrons. The lowest BCUT2D eigenvalue weighted by Crippen LogP contribution is -2.40. The lowest BCUT2D eigenvalue weighted by molar-refractivity contribution is -0.146. The highest BCUT2D eigenvalue weighted by Gasteiger charge is 2.18. The van der Waals surface area contributed by atoms with E-state index in [0.717, 1.165) is 0 Å². The van der Waals surface area contributed by atoms with E-state index in [1.54, 1.807) is 6.92 Å². The van der Waals surface area contributed by atoms with Crippen LogP contribution in [-0.2, 0) is 14.3 Å². The van der Waals surface area contributed by atoms with Crippen LogP contribution < -0.4 is 5.32 Å². The zero-order chi connectivity index (χ0) is 11.1. The van der Waals surface area contributed by atoms with E-state index >= 15 is 0 Å². The number of carbonyl (C=O) groups excluding carboxylic acids is 2. The minimum atomic E-state index is -0.570. The van der Waals surface area contributed by atoms with Crippen LogP contribution in [0.1, 0.15) is 20.3 Å². The maximum absolute atomic E-state index is 11.3. The van der Waals surface area contributed by atoms with Gasteiger partial charge in [-0.05, 0) is 6.42 Å². The molecular weight excluding hydrogens is 250 g/mol. The molecule has 0 heterocycles. The summed E-state index contributed by atoms with van der Waals surface area (Å²) in [7, 11) is 0. The third-order valence-electron chi connectivity index (χ3n) is 1.44. The first-order valence-corrected chi connectivity index (χ1v) is 5.03. The Morgan fingerprint density at radius 3 is 2.50 bits per heavy atom. The topological polar surface area (TPSA) is 55.4 Å². The van der Waals surface area contributed by atoms with Crippen LogP contribution in [0.4, 0.5) is 0 Å². The third kappa shape index (κ3) is 5.75. The SMILES string of the molecule is C=C(Br)COC(=O)C(CC)NC(C)=O. The molecule has 0 rings (SSSR count). The van der Waals surface area contributed by atoms with Gasteiger partial charge in [-0.3, -0.25) is 4.79 Å². The molecule has 0 aromatic heterocycles. The Bertz CT molecular complexity index is 240. The quantitative estimate of drug-likeness (QED) is 0.762. The van der Waals surface area contributed by atoms with Gasteiger partial charge in [0, 0.05) is 11.4 Å². The van der Waals surface area contributed by atoms with Gasteiger partial charge >= 0.3 is 5.97 Å². The predicted octanol–water partition coefficient (Wildman–Crippen LogP) is 1.35. The number of nitrogens with one attached hydrogen (secondary N) is 1. The summed E-state index contributed by atoms with van der Waals surface area (Å²) in [6.45, 7) is 6.80. The number of ether oxygens (including phenoxy) is 1. The minimum Gasteiger partial charge on any atom is -0.459 e. The highest BCUT2D eigenvalue weighted by atomic mass is 79.9. The molecule has 0 aliphatic heterocycles. The molecular formula is C9H14BrNO3. The number of hydrogen-bond acceptors (Lipinski definition) is 3. The van der Waals surface area contributed by atoms with Crippen molar-refractivity contribution in [3.05, 3.63) is 11.1 Å². The molecule has 0 spiro atoms. The number of rotatable bonds is 5.